The minimum absolute atomic E-state index is 0. The summed E-state index contributed by atoms with van der Waals surface area (Å²) in [6.45, 7) is 6.51. The van der Waals surface area contributed by atoms with Crippen molar-refractivity contribution in [2.75, 3.05) is 51.3 Å². The Labute approximate surface area is 172 Å². The van der Waals surface area contributed by atoms with Crippen LogP contribution in [0.4, 0.5) is 5.13 Å². The van der Waals surface area contributed by atoms with Gasteiger partial charge in [0.1, 0.15) is 11.5 Å². The van der Waals surface area contributed by atoms with Crippen molar-refractivity contribution in [3.05, 3.63) is 35.8 Å². The van der Waals surface area contributed by atoms with Crippen LogP contribution in [0.5, 0.6) is 11.5 Å². The normalized spacial score (nSPS) is 14.6. The first-order valence-electron chi connectivity index (χ1n) is 9.49. The number of hydrogen-bond donors (Lipinski definition) is 0. The number of nitrogens with zero attached hydrogens (tertiary/aromatic N) is 3. The predicted molar refractivity (Wildman–Crippen MR) is 115 cm³/mol. The Morgan fingerprint density at radius 3 is 2.33 bits per heavy atom. The van der Waals surface area contributed by atoms with Gasteiger partial charge in [-0.25, -0.2) is 4.98 Å². The molecule has 1 aromatic carbocycles. The second kappa shape index (κ2) is 12.1. The Bertz CT molecular complexity index is 617. The van der Waals surface area contributed by atoms with Gasteiger partial charge in [0.05, 0.1) is 13.7 Å². The van der Waals surface area contributed by atoms with Crippen LogP contribution in [0.3, 0.4) is 0 Å². The van der Waals surface area contributed by atoms with Gasteiger partial charge in [-0.1, -0.05) is 12.8 Å². The second-order valence-corrected chi connectivity index (χ2v) is 7.45. The molecular formula is C20H30ClN3O2S. The number of ether oxygens (including phenoxy) is 2. The lowest BCUT2D eigenvalue weighted by Crippen LogP contribution is -2.46. The molecule has 0 spiro atoms. The highest BCUT2D eigenvalue weighted by atomic mass is 35.5. The van der Waals surface area contributed by atoms with Crippen LogP contribution in [0.1, 0.15) is 25.7 Å². The number of rotatable bonds is 10. The van der Waals surface area contributed by atoms with Gasteiger partial charge in [0.2, 0.25) is 0 Å². The standard InChI is InChI=1S/C20H29N3O2S.ClH/c1-24-18-6-8-19(9-7-18)25-16-5-3-2-4-11-22-12-14-23(15-13-22)20-21-10-17-26-20;/h6-10,17H,2-5,11-16H2,1H3;1H. The number of hydrogen-bond acceptors (Lipinski definition) is 6. The molecule has 0 bridgehead atoms. The van der Waals surface area contributed by atoms with E-state index in [1.54, 1.807) is 18.4 Å². The Kier molecular flexibility index (Phi) is 9.73. The molecule has 3 rings (SSSR count). The van der Waals surface area contributed by atoms with Crippen LogP contribution in [0.25, 0.3) is 0 Å². The summed E-state index contributed by atoms with van der Waals surface area (Å²) in [5.41, 5.74) is 0. The van der Waals surface area contributed by atoms with Gasteiger partial charge in [-0.3, -0.25) is 4.90 Å². The number of benzene rings is 1. The fraction of sp³-hybridized carbons (Fsp3) is 0.550. The fourth-order valence-corrected chi connectivity index (χ4v) is 3.88. The van der Waals surface area contributed by atoms with E-state index in [-0.39, 0.29) is 12.4 Å². The summed E-state index contributed by atoms with van der Waals surface area (Å²) in [6.07, 6.45) is 6.79. The van der Waals surface area contributed by atoms with Gasteiger partial charge in [-0.2, -0.15) is 0 Å². The van der Waals surface area contributed by atoms with Crippen molar-refractivity contribution in [1.29, 1.82) is 0 Å². The van der Waals surface area contributed by atoms with Crippen LogP contribution < -0.4 is 14.4 Å². The van der Waals surface area contributed by atoms with Crippen molar-refractivity contribution in [1.82, 2.24) is 9.88 Å². The topological polar surface area (TPSA) is 37.8 Å². The van der Waals surface area contributed by atoms with Gasteiger partial charge in [-0.15, -0.1) is 23.7 Å². The average molecular weight is 412 g/mol. The van der Waals surface area contributed by atoms with Crippen LogP contribution in [-0.4, -0.2) is 56.3 Å². The zero-order chi connectivity index (χ0) is 18.0. The lowest BCUT2D eigenvalue weighted by molar-refractivity contribution is 0.249. The predicted octanol–water partition coefficient (Wildman–Crippen LogP) is 4.33. The third-order valence-corrected chi connectivity index (χ3v) is 5.59. The summed E-state index contributed by atoms with van der Waals surface area (Å²) in [6, 6.07) is 7.79. The van der Waals surface area contributed by atoms with E-state index < -0.39 is 0 Å². The van der Waals surface area contributed by atoms with Crippen molar-refractivity contribution in [2.24, 2.45) is 0 Å². The molecule has 1 aromatic heterocycles. The molecule has 150 valence electrons. The SMILES string of the molecule is COc1ccc(OCCCCCCN2CCN(c3nccs3)CC2)cc1.Cl. The molecule has 1 aliphatic heterocycles. The number of piperazine rings is 1. The van der Waals surface area contributed by atoms with Gasteiger partial charge >= 0.3 is 0 Å². The van der Waals surface area contributed by atoms with Gasteiger partial charge in [0, 0.05) is 37.8 Å². The maximum atomic E-state index is 5.77. The van der Waals surface area contributed by atoms with Crippen LogP contribution in [0.15, 0.2) is 35.8 Å². The van der Waals surface area contributed by atoms with E-state index in [0.717, 1.165) is 50.7 Å². The average Bonchev–Trinajstić information content (AvgIpc) is 3.23. The molecule has 2 heterocycles. The van der Waals surface area contributed by atoms with Crippen molar-refractivity contribution >= 4 is 28.9 Å². The number of anilines is 1. The summed E-state index contributed by atoms with van der Waals surface area (Å²) in [5.74, 6) is 1.79. The zero-order valence-electron chi connectivity index (χ0n) is 16.0. The molecule has 0 N–H and O–H groups in total. The number of halogens is 1. The molecule has 0 aliphatic carbocycles. The van der Waals surface area contributed by atoms with Crippen LogP contribution >= 0.6 is 23.7 Å². The molecule has 27 heavy (non-hydrogen) atoms. The van der Waals surface area contributed by atoms with Gasteiger partial charge in [0.25, 0.3) is 0 Å². The lowest BCUT2D eigenvalue weighted by Gasteiger charge is -2.34. The van der Waals surface area contributed by atoms with Gasteiger partial charge in [-0.05, 0) is 43.7 Å². The number of methoxy groups -OCH3 is 1. The highest BCUT2D eigenvalue weighted by molar-refractivity contribution is 7.13. The maximum Gasteiger partial charge on any atom is 0.185 e. The van der Waals surface area contributed by atoms with Crippen molar-refractivity contribution < 1.29 is 9.47 Å². The fourth-order valence-electron chi connectivity index (χ4n) is 3.19. The number of unbranched alkanes of at least 4 members (excludes halogenated alkanes) is 3. The molecule has 1 fully saturated rings. The maximum absolute atomic E-state index is 5.77. The highest BCUT2D eigenvalue weighted by Gasteiger charge is 2.17. The second-order valence-electron chi connectivity index (χ2n) is 6.58. The first-order chi connectivity index (χ1) is 12.8. The highest BCUT2D eigenvalue weighted by Crippen LogP contribution is 2.19. The third-order valence-electron chi connectivity index (χ3n) is 4.76. The Morgan fingerprint density at radius 1 is 0.963 bits per heavy atom. The van der Waals surface area contributed by atoms with E-state index in [4.69, 9.17) is 9.47 Å². The minimum atomic E-state index is 0. The lowest BCUT2D eigenvalue weighted by atomic mass is 10.2. The third kappa shape index (κ3) is 7.20. The van der Waals surface area contributed by atoms with Crippen molar-refractivity contribution in [3.63, 3.8) is 0 Å². The van der Waals surface area contributed by atoms with E-state index in [1.807, 2.05) is 30.5 Å². The molecule has 7 heteroatoms. The number of aromatic nitrogens is 1. The van der Waals surface area contributed by atoms with Crippen LogP contribution in [0, 0.1) is 0 Å². The molecule has 0 saturated carbocycles. The van der Waals surface area contributed by atoms with Gasteiger partial charge < -0.3 is 14.4 Å². The van der Waals surface area contributed by atoms with Crippen molar-refractivity contribution in [3.8, 4) is 11.5 Å². The molecule has 0 atom stereocenters. The summed E-state index contributed by atoms with van der Waals surface area (Å²) in [4.78, 5) is 9.39. The first kappa shape index (κ1) is 21.8. The quantitative estimate of drug-likeness (QED) is 0.544. The molecule has 0 amide bonds. The molecule has 1 saturated heterocycles. The van der Waals surface area contributed by atoms with E-state index in [2.05, 4.69) is 20.2 Å². The molecular weight excluding hydrogens is 382 g/mol. The molecule has 0 radical (unpaired) electrons. The van der Waals surface area contributed by atoms with E-state index >= 15 is 0 Å². The summed E-state index contributed by atoms with van der Waals surface area (Å²) < 4.78 is 10.9. The first-order valence-corrected chi connectivity index (χ1v) is 10.4. The smallest absolute Gasteiger partial charge is 0.185 e. The van der Waals surface area contributed by atoms with E-state index in [9.17, 15) is 0 Å². The van der Waals surface area contributed by atoms with E-state index in [0.29, 0.717) is 0 Å². The molecule has 0 unspecified atom stereocenters. The molecule has 5 nitrogen and oxygen atoms in total. The number of thiazole rings is 1. The van der Waals surface area contributed by atoms with Crippen LogP contribution in [-0.2, 0) is 0 Å². The summed E-state index contributed by atoms with van der Waals surface area (Å²) >= 11 is 1.74. The summed E-state index contributed by atoms with van der Waals surface area (Å²) in [5, 5.41) is 3.22. The Morgan fingerprint density at radius 2 is 1.67 bits per heavy atom. The Hall–Kier alpha value is -1.50. The molecule has 1 aliphatic rings. The van der Waals surface area contributed by atoms with E-state index in [1.165, 1.54) is 30.9 Å². The summed E-state index contributed by atoms with van der Waals surface area (Å²) in [7, 11) is 1.68. The molecule has 2 aromatic rings. The monoisotopic (exact) mass is 411 g/mol. The van der Waals surface area contributed by atoms with Gasteiger partial charge in [0.15, 0.2) is 5.13 Å². The minimum Gasteiger partial charge on any atom is -0.497 e. The van der Waals surface area contributed by atoms with Crippen molar-refractivity contribution in [2.45, 2.75) is 25.7 Å². The zero-order valence-corrected chi connectivity index (χ0v) is 17.6. The Balaban J connectivity index is 0.00000261. The largest absolute Gasteiger partial charge is 0.497 e. The van der Waals surface area contributed by atoms with Crippen LogP contribution in [0.2, 0.25) is 0 Å².